The molecule has 0 aliphatic carbocycles. The fraction of sp³-hybridized carbons (Fsp3) is 0.385. The summed E-state index contributed by atoms with van der Waals surface area (Å²) in [6, 6.07) is 10.00. The zero-order chi connectivity index (χ0) is 10.2. The van der Waals surface area contributed by atoms with Crippen LogP contribution in [0.3, 0.4) is 0 Å². The molecular formula is C13H16O. The predicted octanol–water partition coefficient (Wildman–Crippen LogP) is 2.39. The second-order valence-corrected chi connectivity index (χ2v) is 3.25. The average Bonchev–Trinajstić information content (AvgIpc) is 2.20. The maximum Gasteiger partial charge on any atom is 0.0689 e. The SMILES string of the molecule is CCC#CCC(O)Cc1ccccc1. The van der Waals surface area contributed by atoms with Gasteiger partial charge in [-0.05, 0) is 12.0 Å². The lowest BCUT2D eigenvalue weighted by atomic mass is 10.1. The van der Waals surface area contributed by atoms with Gasteiger partial charge in [0.25, 0.3) is 0 Å². The molecule has 0 radical (unpaired) electrons. The van der Waals surface area contributed by atoms with Crippen LogP contribution in [0.4, 0.5) is 0 Å². The highest BCUT2D eigenvalue weighted by Gasteiger charge is 2.02. The summed E-state index contributed by atoms with van der Waals surface area (Å²) in [5.74, 6) is 5.91. The van der Waals surface area contributed by atoms with Crippen LogP contribution in [-0.2, 0) is 6.42 Å². The molecule has 1 rings (SSSR count). The normalized spacial score (nSPS) is 11.6. The number of aliphatic hydroxyl groups is 1. The Labute approximate surface area is 85.8 Å². The van der Waals surface area contributed by atoms with Gasteiger partial charge in [-0.1, -0.05) is 37.3 Å². The molecule has 0 fully saturated rings. The van der Waals surface area contributed by atoms with Crippen molar-refractivity contribution in [2.45, 2.75) is 32.3 Å². The van der Waals surface area contributed by atoms with Crippen molar-refractivity contribution in [1.29, 1.82) is 0 Å². The van der Waals surface area contributed by atoms with E-state index in [2.05, 4.69) is 11.8 Å². The van der Waals surface area contributed by atoms with Crippen LogP contribution in [0.15, 0.2) is 30.3 Å². The van der Waals surface area contributed by atoms with Crippen LogP contribution in [0, 0.1) is 11.8 Å². The summed E-state index contributed by atoms with van der Waals surface area (Å²) in [5.41, 5.74) is 1.17. The van der Waals surface area contributed by atoms with Crippen LogP contribution >= 0.6 is 0 Å². The van der Waals surface area contributed by atoms with E-state index in [0.29, 0.717) is 12.8 Å². The van der Waals surface area contributed by atoms with Gasteiger partial charge in [0, 0.05) is 12.8 Å². The third-order valence-corrected chi connectivity index (χ3v) is 1.95. The van der Waals surface area contributed by atoms with Crippen molar-refractivity contribution in [2.75, 3.05) is 0 Å². The smallest absolute Gasteiger partial charge is 0.0689 e. The Morgan fingerprint density at radius 3 is 2.57 bits per heavy atom. The van der Waals surface area contributed by atoms with Crippen molar-refractivity contribution in [3.05, 3.63) is 35.9 Å². The summed E-state index contributed by atoms with van der Waals surface area (Å²) in [5, 5.41) is 9.63. The van der Waals surface area contributed by atoms with Crippen LogP contribution in [0.1, 0.15) is 25.3 Å². The lowest BCUT2D eigenvalue weighted by Crippen LogP contribution is -2.08. The molecule has 1 heteroatoms. The third-order valence-electron chi connectivity index (χ3n) is 1.95. The Balaban J connectivity index is 2.38. The minimum atomic E-state index is -0.337. The van der Waals surface area contributed by atoms with Crippen molar-refractivity contribution < 1.29 is 5.11 Å². The van der Waals surface area contributed by atoms with Crippen LogP contribution in [0.2, 0.25) is 0 Å². The molecule has 0 saturated heterocycles. The fourth-order valence-electron chi connectivity index (χ4n) is 1.27. The van der Waals surface area contributed by atoms with Crippen LogP contribution in [0.5, 0.6) is 0 Å². The second-order valence-electron chi connectivity index (χ2n) is 3.25. The Bertz CT molecular complexity index is 305. The first-order chi connectivity index (χ1) is 6.83. The molecule has 1 atom stereocenters. The fourth-order valence-corrected chi connectivity index (χ4v) is 1.27. The molecule has 1 aromatic rings. The van der Waals surface area contributed by atoms with Crippen molar-refractivity contribution in [3.8, 4) is 11.8 Å². The van der Waals surface area contributed by atoms with E-state index in [-0.39, 0.29) is 6.10 Å². The molecule has 0 aliphatic rings. The molecule has 0 aromatic heterocycles. The standard InChI is InChI=1S/C13H16O/c1-2-3-5-10-13(14)11-12-8-6-4-7-9-12/h4,6-9,13-14H,2,10-11H2,1H3. The molecule has 0 heterocycles. The van der Waals surface area contributed by atoms with E-state index in [1.54, 1.807) is 0 Å². The maximum atomic E-state index is 9.63. The van der Waals surface area contributed by atoms with Gasteiger partial charge in [0.2, 0.25) is 0 Å². The molecule has 1 aromatic carbocycles. The Kier molecular flexibility index (Phi) is 4.82. The van der Waals surface area contributed by atoms with Crippen LogP contribution in [0.25, 0.3) is 0 Å². The number of aliphatic hydroxyl groups excluding tert-OH is 1. The largest absolute Gasteiger partial charge is 0.392 e. The zero-order valence-corrected chi connectivity index (χ0v) is 8.53. The average molecular weight is 188 g/mol. The minimum absolute atomic E-state index is 0.337. The molecule has 0 bridgehead atoms. The summed E-state index contributed by atoms with van der Waals surface area (Å²) in [6.07, 6.45) is 1.79. The highest BCUT2D eigenvalue weighted by Crippen LogP contribution is 2.04. The first kappa shape index (κ1) is 10.8. The number of rotatable bonds is 3. The van der Waals surface area contributed by atoms with Gasteiger partial charge in [-0.2, -0.15) is 0 Å². The molecule has 1 nitrogen and oxygen atoms in total. The van der Waals surface area contributed by atoms with Crippen LogP contribution < -0.4 is 0 Å². The van der Waals surface area contributed by atoms with Crippen molar-refractivity contribution in [1.82, 2.24) is 0 Å². The summed E-state index contributed by atoms with van der Waals surface area (Å²) in [4.78, 5) is 0. The van der Waals surface area contributed by atoms with Gasteiger partial charge in [0.1, 0.15) is 0 Å². The molecular weight excluding hydrogens is 172 g/mol. The highest BCUT2D eigenvalue weighted by molar-refractivity contribution is 5.16. The topological polar surface area (TPSA) is 20.2 Å². The van der Waals surface area contributed by atoms with E-state index in [4.69, 9.17) is 0 Å². The quantitative estimate of drug-likeness (QED) is 0.722. The molecule has 14 heavy (non-hydrogen) atoms. The van der Waals surface area contributed by atoms with E-state index in [0.717, 1.165) is 6.42 Å². The lowest BCUT2D eigenvalue weighted by molar-refractivity contribution is 0.180. The van der Waals surface area contributed by atoms with Gasteiger partial charge in [-0.15, -0.1) is 11.8 Å². The Morgan fingerprint density at radius 1 is 1.21 bits per heavy atom. The Hall–Kier alpha value is -1.26. The van der Waals surface area contributed by atoms with E-state index in [9.17, 15) is 5.11 Å². The van der Waals surface area contributed by atoms with Gasteiger partial charge < -0.3 is 5.11 Å². The first-order valence-corrected chi connectivity index (χ1v) is 5.00. The molecule has 1 unspecified atom stereocenters. The van der Waals surface area contributed by atoms with Gasteiger partial charge >= 0.3 is 0 Å². The first-order valence-electron chi connectivity index (χ1n) is 5.00. The van der Waals surface area contributed by atoms with E-state index >= 15 is 0 Å². The van der Waals surface area contributed by atoms with E-state index < -0.39 is 0 Å². The van der Waals surface area contributed by atoms with Crippen molar-refractivity contribution in [2.24, 2.45) is 0 Å². The zero-order valence-electron chi connectivity index (χ0n) is 8.53. The molecule has 0 saturated carbocycles. The van der Waals surface area contributed by atoms with Crippen LogP contribution in [-0.4, -0.2) is 11.2 Å². The Morgan fingerprint density at radius 2 is 1.93 bits per heavy atom. The van der Waals surface area contributed by atoms with Crippen molar-refractivity contribution in [3.63, 3.8) is 0 Å². The number of benzene rings is 1. The third kappa shape index (κ3) is 4.11. The van der Waals surface area contributed by atoms with Gasteiger partial charge in [-0.25, -0.2) is 0 Å². The monoisotopic (exact) mass is 188 g/mol. The molecule has 0 spiro atoms. The molecule has 0 aliphatic heterocycles. The minimum Gasteiger partial charge on any atom is -0.392 e. The molecule has 74 valence electrons. The molecule has 0 amide bonds. The van der Waals surface area contributed by atoms with E-state index in [1.165, 1.54) is 5.56 Å². The summed E-state index contributed by atoms with van der Waals surface area (Å²) < 4.78 is 0. The van der Waals surface area contributed by atoms with Gasteiger partial charge in [-0.3, -0.25) is 0 Å². The van der Waals surface area contributed by atoms with Crippen molar-refractivity contribution >= 4 is 0 Å². The number of hydrogen-bond acceptors (Lipinski definition) is 1. The lowest BCUT2D eigenvalue weighted by Gasteiger charge is -2.06. The van der Waals surface area contributed by atoms with Gasteiger partial charge in [0.05, 0.1) is 6.10 Å². The highest BCUT2D eigenvalue weighted by atomic mass is 16.3. The number of hydrogen-bond donors (Lipinski definition) is 1. The van der Waals surface area contributed by atoms with Gasteiger partial charge in [0.15, 0.2) is 0 Å². The maximum absolute atomic E-state index is 9.63. The van der Waals surface area contributed by atoms with E-state index in [1.807, 2.05) is 37.3 Å². The summed E-state index contributed by atoms with van der Waals surface area (Å²) in [7, 11) is 0. The predicted molar refractivity (Wildman–Crippen MR) is 58.8 cm³/mol. The summed E-state index contributed by atoms with van der Waals surface area (Å²) >= 11 is 0. The molecule has 1 N–H and O–H groups in total. The second kappa shape index (κ2) is 6.23. The summed E-state index contributed by atoms with van der Waals surface area (Å²) in [6.45, 7) is 2.01.